The number of hydrogen-bond donors (Lipinski definition) is 1. The molecule has 0 aromatic heterocycles. The molecular formula is C7H8BrCl2N. The van der Waals surface area contributed by atoms with Gasteiger partial charge in [0.2, 0.25) is 0 Å². The molecule has 0 amide bonds. The molecule has 62 valence electrons. The average molecular weight is 257 g/mol. The van der Waals surface area contributed by atoms with Gasteiger partial charge in [-0.2, -0.15) is 0 Å². The highest BCUT2D eigenvalue weighted by Crippen LogP contribution is 2.20. The highest BCUT2D eigenvalue weighted by molar-refractivity contribution is 9.10. The summed E-state index contributed by atoms with van der Waals surface area (Å²) < 4.78 is 0.975. The summed E-state index contributed by atoms with van der Waals surface area (Å²) in [5.41, 5.74) is 6.50. The Morgan fingerprint density at radius 1 is 1.45 bits per heavy atom. The zero-order valence-corrected chi connectivity index (χ0v) is 8.84. The highest BCUT2D eigenvalue weighted by Gasteiger charge is 1.96. The largest absolute Gasteiger partial charge is 0.326 e. The standard InChI is InChI=1S/C7H7BrClN.ClH/c8-7-3-6(9)2-1-5(7)4-10;/h1-3H,4,10H2;1H. The molecule has 4 heteroatoms. The monoisotopic (exact) mass is 255 g/mol. The van der Waals surface area contributed by atoms with Crippen molar-refractivity contribution in [1.29, 1.82) is 0 Å². The number of rotatable bonds is 1. The van der Waals surface area contributed by atoms with Gasteiger partial charge < -0.3 is 5.73 Å². The van der Waals surface area contributed by atoms with Crippen molar-refractivity contribution >= 4 is 39.9 Å². The lowest BCUT2D eigenvalue weighted by Crippen LogP contribution is -1.96. The lowest BCUT2D eigenvalue weighted by molar-refractivity contribution is 1.06. The molecule has 0 bridgehead atoms. The van der Waals surface area contributed by atoms with Gasteiger partial charge in [0.15, 0.2) is 0 Å². The van der Waals surface area contributed by atoms with Gasteiger partial charge >= 0.3 is 0 Å². The smallest absolute Gasteiger partial charge is 0.0417 e. The minimum Gasteiger partial charge on any atom is -0.326 e. The van der Waals surface area contributed by atoms with Crippen molar-refractivity contribution in [1.82, 2.24) is 0 Å². The molecule has 0 fully saturated rings. The summed E-state index contributed by atoms with van der Waals surface area (Å²) in [6.45, 7) is 0.539. The third kappa shape index (κ3) is 2.99. The van der Waals surface area contributed by atoms with E-state index in [1.807, 2.05) is 18.2 Å². The van der Waals surface area contributed by atoms with E-state index in [0.717, 1.165) is 15.1 Å². The van der Waals surface area contributed by atoms with E-state index >= 15 is 0 Å². The Labute approximate surface area is 85.5 Å². The van der Waals surface area contributed by atoms with Crippen LogP contribution in [0.25, 0.3) is 0 Å². The summed E-state index contributed by atoms with van der Waals surface area (Å²) in [7, 11) is 0. The number of halogens is 3. The summed E-state index contributed by atoms with van der Waals surface area (Å²) in [6.07, 6.45) is 0. The number of benzene rings is 1. The molecule has 0 aliphatic carbocycles. The van der Waals surface area contributed by atoms with Gasteiger partial charge in [-0.25, -0.2) is 0 Å². The quantitative estimate of drug-likeness (QED) is 0.822. The van der Waals surface area contributed by atoms with Crippen LogP contribution in [0, 0.1) is 0 Å². The molecular weight excluding hydrogens is 249 g/mol. The molecule has 0 unspecified atom stereocenters. The van der Waals surface area contributed by atoms with E-state index in [0.29, 0.717) is 6.54 Å². The van der Waals surface area contributed by atoms with Crippen molar-refractivity contribution in [2.45, 2.75) is 6.54 Å². The summed E-state index contributed by atoms with van der Waals surface area (Å²) >= 11 is 9.05. The Hall–Kier alpha value is 0.240. The maximum Gasteiger partial charge on any atom is 0.0417 e. The summed E-state index contributed by atoms with van der Waals surface area (Å²) in [5.74, 6) is 0. The molecule has 0 atom stereocenters. The summed E-state index contributed by atoms with van der Waals surface area (Å²) in [6, 6.07) is 5.57. The fraction of sp³-hybridized carbons (Fsp3) is 0.143. The molecule has 1 aromatic carbocycles. The van der Waals surface area contributed by atoms with Crippen LogP contribution in [-0.2, 0) is 6.54 Å². The van der Waals surface area contributed by atoms with Crippen molar-refractivity contribution < 1.29 is 0 Å². The first-order valence-corrected chi connectivity index (χ1v) is 4.05. The zero-order valence-electron chi connectivity index (χ0n) is 5.68. The Morgan fingerprint density at radius 2 is 2.09 bits per heavy atom. The lowest BCUT2D eigenvalue weighted by atomic mass is 10.2. The Bertz CT molecular complexity index is 240. The van der Waals surface area contributed by atoms with E-state index in [-0.39, 0.29) is 12.4 Å². The van der Waals surface area contributed by atoms with Crippen molar-refractivity contribution in [3.05, 3.63) is 33.3 Å². The minimum absolute atomic E-state index is 0. The topological polar surface area (TPSA) is 26.0 Å². The van der Waals surface area contributed by atoms with Gasteiger partial charge in [0, 0.05) is 16.0 Å². The van der Waals surface area contributed by atoms with Crippen LogP contribution in [0.1, 0.15) is 5.56 Å². The van der Waals surface area contributed by atoms with Crippen LogP contribution in [0.4, 0.5) is 0 Å². The van der Waals surface area contributed by atoms with Crippen molar-refractivity contribution in [3.8, 4) is 0 Å². The van der Waals surface area contributed by atoms with E-state index in [2.05, 4.69) is 15.9 Å². The van der Waals surface area contributed by atoms with Gasteiger partial charge in [-0.05, 0) is 17.7 Å². The van der Waals surface area contributed by atoms with Crippen LogP contribution in [0.15, 0.2) is 22.7 Å². The molecule has 0 saturated heterocycles. The van der Waals surface area contributed by atoms with Crippen molar-refractivity contribution in [2.24, 2.45) is 5.73 Å². The molecule has 0 radical (unpaired) electrons. The maximum atomic E-state index is 5.70. The molecule has 11 heavy (non-hydrogen) atoms. The summed E-state index contributed by atoms with van der Waals surface area (Å²) in [4.78, 5) is 0. The van der Waals surface area contributed by atoms with Crippen molar-refractivity contribution in [2.75, 3.05) is 0 Å². The second-order valence-corrected chi connectivity index (χ2v) is 3.23. The van der Waals surface area contributed by atoms with E-state index in [9.17, 15) is 0 Å². The Morgan fingerprint density at radius 3 is 2.55 bits per heavy atom. The van der Waals surface area contributed by atoms with Crippen LogP contribution in [0.3, 0.4) is 0 Å². The lowest BCUT2D eigenvalue weighted by Gasteiger charge is -1.99. The molecule has 1 rings (SSSR count). The van der Waals surface area contributed by atoms with Gasteiger partial charge in [-0.15, -0.1) is 12.4 Å². The fourth-order valence-electron chi connectivity index (χ4n) is 0.687. The maximum absolute atomic E-state index is 5.70. The third-order valence-corrected chi connectivity index (χ3v) is 2.21. The number of hydrogen-bond acceptors (Lipinski definition) is 1. The van der Waals surface area contributed by atoms with Gasteiger partial charge in [0.05, 0.1) is 0 Å². The molecule has 2 N–H and O–H groups in total. The first-order chi connectivity index (χ1) is 4.74. The van der Waals surface area contributed by atoms with Gasteiger partial charge in [0.25, 0.3) is 0 Å². The summed E-state index contributed by atoms with van der Waals surface area (Å²) in [5, 5.41) is 0.726. The Kier molecular flexibility index (Phi) is 5.10. The first kappa shape index (κ1) is 11.2. The van der Waals surface area contributed by atoms with Crippen LogP contribution < -0.4 is 5.73 Å². The van der Waals surface area contributed by atoms with Gasteiger partial charge in [0.1, 0.15) is 0 Å². The molecule has 0 aliphatic heterocycles. The van der Waals surface area contributed by atoms with Crippen LogP contribution >= 0.6 is 39.9 Å². The van der Waals surface area contributed by atoms with Crippen LogP contribution in [0.5, 0.6) is 0 Å². The average Bonchev–Trinajstić information content (AvgIpc) is 1.88. The van der Waals surface area contributed by atoms with E-state index in [1.165, 1.54) is 0 Å². The first-order valence-electron chi connectivity index (χ1n) is 2.88. The fourth-order valence-corrected chi connectivity index (χ4v) is 1.53. The van der Waals surface area contributed by atoms with E-state index < -0.39 is 0 Å². The third-order valence-electron chi connectivity index (χ3n) is 1.24. The second-order valence-electron chi connectivity index (χ2n) is 1.94. The van der Waals surface area contributed by atoms with Gasteiger partial charge in [-0.1, -0.05) is 33.6 Å². The second kappa shape index (κ2) is 4.99. The van der Waals surface area contributed by atoms with Crippen molar-refractivity contribution in [3.63, 3.8) is 0 Å². The minimum atomic E-state index is 0. The molecule has 0 aliphatic rings. The molecule has 1 nitrogen and oxygen atoms in total. The van der Waals surface area contributed by atoms with Crippen LogP contribution in [-0.4, -0.2) is 0 Å². The van der Waals surface area contributed by atoms with E-state index in [4.69, 9.17) is 17.3 Å². The molecule has 0 heterocycles. The highest BCUT2D eigenvalue weighted by atomic mass is 79.9. The molecule has 1 aromatic rings. The van der Waals surface area contributed by atoms with Crippen LogP contribution in [0.2, 0.25) is 5.02 Å². The molecule has 0 saturated carbocycles. The molecule has 0 spiro atoms. The SMILES string of the molecule is Cl.NCc1ccc(Cl)cc1Br. The normalized spacial score (nSPS) is 9.00. The number of nitrogens with two attached hydrogens (primary N) is 1. The predicted molar refractivity (Wildman–Crippen MR) is 54.3 cm³/mol. The van der Waals surface area contributed by atoms with E-state index in [1.54, 1.807) is 0 Å². The predicted octanol–water partition coefficient (Wildman–Crippen LogP) is 2.98. The zero-order chi connectivity index (χ0) is 7.56. The van der Waals surface area contributed by atoms with Gasteiger partial charge in [-0.3, -0.25) is 0 Å². The Balaban J connectivity index is 0.000001000.